The van der Waals surface area contributed by atoms with Gasteiger partial charge in [0.15, 0.2) is 0 Å². The third-order valence-corrected chi connectivity index (χ3v) is 9.01. The average molecular weight is 353 g/mol. The average Bonchev–Trinajstić information content (AvgIpc) is 2.62. The highest BCUT2D eigenvalue weighted by Crippen LogP contribution is 2.56. The van der Waals surface area contributed by atoms with Gasteiger partial charge in [0.2, 0.25) is 0 Å². The SMILES string of the molecule is CCC1CC(C)(C)CC(P(c2ccccc2)c2ccccc2)C1CC. The van der Waals surface area contributed by atoms with Crippen LogP contribution in [0.4, 0.5) is 0 Å². The lowest BCUT2D eigenvalue weighted by molar-refractivity contribution is 0.117. The fourth-order valence-corrected chi connectivity index (χ4v) is 8.59. The highest BCUT2D eigenvalue weighted by atomic mass is 31.1. The van der Waals surface area contributed by atoms with Gasteiger partial charge in [-0.1, -0.05) is 101 Å². The van der Waals surface area contributed by atoms with Crippen molar-refractivity contribution in [3.05, 3.63) is 60.7 Å². The maximum atomic E-state index is 2.50. The van der Waals surface area contributed by atoms with Gasteiger partial charge in [-0.25, -0.2) is 0 Å². The largest absolute Gasteiger partial charge is 0.0651 e. The van der Waals surface area contributed by atoms with Gasteiger partial charge in [0, 0.05) is 0 Å². The Morgan fingerprint density at radius 2 is 1.32 bits per heavy atom. The summed E-state index contributed by atoms with van der Waals surface area (Å²) in [6, 6.07) is 22.7. The maximum absolute atomic E-state index is 2.50. The van der Waals surface area contributed by atoms with Crippen molar-refractivity contribution in [3.8, 4) is 0 Å². The van der Waals surface area contributed by atoms with E-state index < -0.39 is 0 Å². The minimum Gasteiger partial charge on any atom is -0.0651 e. The number of hydrogen-bond acceptors (Lipinski definition) is 0. The standard InChI is InChI=1S/C24H33P/c1-5-19-17-24(3,4)18-23(22(19)6-2)25(20-13-9-7-10-14-20)21-15-11-8-12-16-21/h7-16,19,22-23H,5-6,17-18H2,1-4H3. The van der Waals surface area contributed by atoms with Crippen molar-refractivity contribution in [2.45, 2.75) is 59.0 Å². The van der Waals surface area contributed by atoms with Crippen LogP contribution in [0.5, 0.6) is 0 Å². The molecule has 134 valence electrons. The van der Waals surface area contributed by atoms with Gasteiger partial charge in [0.05, 0.1) is 0 Å². The fraction of sp³-hybridized carbons (Fsp3) is 0.500. The minimum atomic E-state index is -0.305. The van der Waals surface area contributed by atoms with E-state index in [0.29, 0.717) is 5.41 Å². The summed E-state index contributed by atoms with van der Waals surface area (Å²) in [7, 11) is -0.305. The molecule has 3 unspecified atom stereocenters. The summed E-state index contributed by atoms with van der Waals surface area (Å²) in [5, 5.41) is 3.11. The fourth-order valence-electron chi connectivity index (χ4n) is 5.02. The van der Waals surface area contributed by atoms with Gasteiger partial charge in [0.1, 0.15) is 0 Å². The molecule has 0 saturated heterocycles. The maximum Gasteiger partial charge on any atom is -0.00928 e. The molecule has 0 spiro atoms. The molecule has 0 heterocycles. The Kier molecular flexibility index (Phi) is 6.00. The molecule has 0 nitrogen and oxygen atoms in total. The number of rotatable bonds is 5. The summed E-state index contributed by atoms with van der Waals surface area (Å²) in [5.74, 6) is 1.72. The summed E-state index contributed by atoms with van der Waals surface area (Å²) in [6.07, 6.45) is 5.39. The van der Waals surface area contributed by atoms with Gasteiger partial charge >= 0.3 is 0 Å². The summed E-state index contributed by atoms with van der Waals surface area (Å²) in [4.78, 5) is 0. The first-order valence-electron chi connectivity index (χ1n) is 9.95. The van der Waals surface area contributed by atoms with E-state index in [1.165, 1.54) is 25.7 Å². The second-order valence-electron chi connectivity index (χ2n) is 8.42. The lowest BCUT2D eigenvalue weighted by Crippen LogP contribution is -2.41. The molecule has 0 N–H and O–H groups in total. The van der Waals surface area contributed by atoms with E-state index in [9.17, 15) is 0 Å². The van der Waals surface area contributed by atoms with Crippen molar-refractivity contribution in [3.63, 3.8) is 0 Å². The van der Waals surface area contributed by atoms with Crippen molar-refractivity contribution < 1.29 is 0 Å². The van der Waals surface area contributed by atoms with E-state index >= 15 is 0 Å². The zero-order valence-corrected chi connectivity index (χ0v) is 17.2. The Morgan fingerprint density at radius 3 is 1.76 bits per heavy atom. The van der Waals surface area contributed by atoms with Crippen LogP contribution in [-0.4, -0.2) is 5.66 Å². The molecule has 2 aromatic rings. The highest BCUT2D eigenvalue weighted by molar-refractivity contribution is 7.73. The van der Waals surface area contributed by atoms with Gasteiger partial charge in [0.25, 0.3) is 0 Å². The van der Waals surface area contributed by atoms with Crippen LogP contribution in [0.15, 0.2) is 60.7 Å². The third kappa shape index (κ3) is 4.17. The Morgan fingerprint density at radius 1 is 0.800 bits per heavy atom. The van der Waals surface area contributed by atoms with Crippen LogP contribution in [0.25, 0.3) is 0 Å². The summed E-state index contributed by atoms with van der Waals surface area (Å²) >= 11 is 0. The number of hydrogen-bond donors (Lipinski definition) is 0. The highest BCUT2D eigenvalue weighted by Gasteiger charge is 2.43. The molecule has 3 rings (SSSR count). The van der Waals surface area contributed by atoms with E-state index in [0.717, 1.165) is 17.5 Å². The molecule has 0 aromatic heterocycles. The first-order valence-corrected chi connectivity index (χ1v) is 11.4. The van der Waals surface area contributed by atoms with E-state index in [2.05, 4.69) is 88.4 Å². The van der Waals surface area contributed by atoms with E-state index in [4.69, 9.17) is 0 Å². The topological polar surface area (TPSA) is 0 Å². The molecule has 0 amide bonds. The Hall–Kier alpha value is -1.13. The molecule has 1 fully saturated rings. The van der Waals surface area contributed by atoms with Crippen molar-refractivity contribution in [2.75, 3.05) is 0 Å². The van der Waals surface area contributed by atoms with Crippen LogP contribution in [0.2, 0.25) is 0 Å². The monoisotopic (exact) mass is 352 g/mol. The summed E-state index contributed by atoms with van der Waals surface area (Å²) < 4.78 is 0. The molecule has 2 aromatic carbocycles. The second kappa shape index (κ2) is 8.05. The normalized spacial score (nSPS) is 25.9. The van der Waals surface area contributed by atoms with Crippen molar-refractivity contribution in [1.29, 1.82) is 0 Å². The summed E-state index contributed by atoms with van der Waals surface area (Å²) in [6.45, 7) is 9.82. The lowest BCUT2D eigenvalue weighted by atomic mass is 9.65. The van der Waals surface area contributed by atoms with Gasteiger partial charge in [-0.15, -0.1) is 0 Å². The Bertz CT molecular complexity index is 607. The Balaban J connectivity index is 2.07. The molecule has 0 radical (unpaired) electrons. The van der Waals surface area contributed by atoms with Crippen molar-refractivity contribution in [2.24, 2.45) is 17.3 Å². The molecular weight excluding hydrogens is 319 g/mol. The third-order valence-electron chi connectivity index (χ3n) is 6.07. The van der Waals surface area contributed by atoms with Crippen LogP contribution in [0, 0.1) is 17.3 Å². The van der Waals surface area contributed by atoms with Gasteiger partial charge in [-0.2, -0.15) is 0 Å². The van der Waals surface area contributed by atoms with E-state index in [-0.39, 0.29) is 7.92 Å². The smallest absolute Gasteiger partial charge is 0.00928 e. The van der Waals surface area contributed by atoms with E-state index in [1.54, 1.807) is 10.6 Å². The molecule has 0 bridgehead atoms. The molecule has 3 atom stereocenters. The Labute approximate surface area is 155 Å². The molecule has 1 aliphatic carbocycles. The zero-order chi connectivity index (χ0) is 17.9. The molecule has 1 aliphatic rings. The molecule has 1 heteroatoms. The van der Waals surface area contributed by atoms with E-state index in [1.807, 2.05) is 0 Å². The predicted octanol–water partition coefficient (Wildman–Crippen LogP) is 6.36. The van der Waals surface area contributed by atoms with Gasteiger partial charge < -0.3 is 0 Å². The van der Waals surface area contributed by atoms with Crippen molar-refractivity contribution in [1.82, 2.24) is 0 Å². The second-order valence-corrected chi connectivity index (χ2v) is 10.9. The molecular formula is C24H33P. The van der Waals surface area contributed by atoms with Crippen LogP contribution >= 0.6 is 7.92 Å². The van der Waals surface area contributed by atoms with Crippen LogP contribution in [0.1, 0.15) is 53.4 Å². The molecule has 0 aliphatic heterocycles. The minimum absolute atomic E-state index is 0.305. The first-order chi connectivity index (χ1) is 12.1. The van der Waals surface area contributed by atoms with Crippen molar-refractivity contribution >= 4 is 18.5 Å². The predicted molar refractivity (Wildman–Crippen MR) is 113 cm³/mol. The van der Waals surface area contributed by atoms with Crippen LogP contribution < -0.4 is 10.6 Å². The number of benzene rings is 2. The van der Waals surface area contributed by atoms with Gasteiger partial charge in [-0.05, 0) is 54.3 Å². The van der Waals surface area contributed by atoms with Crippen LogP contribution in [0.3, 0.4) is 0 Å². The lowest BCUT2D eigenvalue weighted by Gasteiger charge is -2.49. The molecule has 1 saturated carbocycles. The zero-order valence-electron chi connectivity index (χ0n) is 16.3. The quantitative estimate of drug-likeness (QED) is 0.549. The summed E-state index contributed by atoms with van der Waals surface area (Å²) in [5.41, 5.74) is 1.25. The van der Waals surface area contributed by atoms with Gasteiger partial charge in [-0.3, -0.25) is 0 Å². The molecule has 25 heavy (non-hydrogen) atoms. The first kappa shape index (κ1) is 18.7. The van der Waals surface area contributed by atoms with Crippen LogP contribution in [-0.2, 0) is 0 Å².